The zero-order valence-electron chi connectivity index (χ0n) is 8.28. The maximum atomic E-state index is 10.7. The molecular weight excluding hydrogens is 318 g/mol. The Labute approximate surface area is 95.0 Å². The fourth-order valence-corrected chi connectivity index (χ4v) is 6.50. The van der Waals surface area contributed by atoms with E-state index in [1.54, 1.807) is 0 Å². The molecule has 0 bridgehead atoms. The van der Waals surface area contributed by atoms with Gasteiger partial charge in [-0.1, -0.05) is 0 Å². The van der Waals surface area contributed by atoms with Crippen LogP contribution in [0.1, 0.15) is 12.8 Å². The van der Waals surface area contributed by atoms with E-state index in [0.717, 1.165) is 10.6 Å². The third kappa shape index (κ3) is 8.57. The van der Waals surface area contributed by atoms with Crippen molar-refractivity contribution in [3.8, 4) is 0 Å². The van der Waals surface area contributed by atoms with Crippen molar-refractivity contribution in [1.29, 1.82) is 0 Å². The van der Waals surface area contributed by atoms with Gasteiger partial charge in [0.1, 0.15) is 0 Å². The van der Waals surface area contributed by atoms with Gasteiger partial charge in [0.2, 0.25) is 0 Å². The van der Waals surface area contributed by atoms with Crippen molar-refractivity contribution < 1.29 is 19.1 Å². The van der Waals surface area contributed by atoms with Crippen LogP contribution in [0.4, 0.5) is 0 Å². The minimum atomic E-state index is -0.143. The molecule has 0 fully saturated rings. The second-order valence-electron chi connectivity index (χ2n) is 2.30. The van der Waals surface area contributed by atoms with Crippen molar-refractivity contribution >= 4 is 38.2 Å². The van der Waals surface area contributed by atoms with E-state index in [4.69, 9.17) is 0 Å². The molecular formula is C8H14O4Se2. The van der Waals surface area contributed by atoms with Crippen LogP contribution in [0.15, 0.2) is 0 Å². The molecule has 0 aromatic rings. The summed E-state index contributed by atoms with van der Waals surface area (Å²) in [5.74, 6) is -0.286. The number of ether oxygens (including phenoxy) is 2. The Morgan fingerprint density at radius 2 is 1.29 bits per heavy atom. The summed E-state index contributed by atoms with van der Waals surface area (Å²) in [6, 6.07) is 0. The van der Waals surface area contributed by atoms with Crippen LogP contribution in [-0.4, -0.2) is 52.4 Å². The van der Waals surface area contributed by atoms with E-state index in [1.165, 1.54) is 14.2 Å². The molecule has 0 aliphatic carbocycles. The molecule has 0 spiro atoms. The van der Waals surface area contributed by atoms with Crippen LogP contribution in [0.25, 0.3) is 0 Å². The van der Waals surface area contributed by atoms with E-state index in [9.17, 15) is 9.59 Å². The number of carbonyl (C=O) groups excluding carboxylic acids is 2. The van der Waals surface area contributed by atoms with Crippen LogP contribution in [0.5, 0.6) is 0 Å². The topological polar surface area (TPSA) is 52.6 Å². The second-order valence-corrected chi connectivity index (χ2v) is 10.1. The van der Waals surface area contributed by atoms with Gasteiger partial charge in [-0.25, -0.2) is 0 Å². The van der Waals surface area contributed by atoms with Crippen LogP contribution < -0.4 is 0 Å². The third-order valence-electron chi connectivity index (χ3n) is 1.32. The number of rotatable bonds is 7. The fourth-order valence-electron chi connectivity index (χ4n) is 0.572. The van der Waals surface area contributed by atoms with E-state index >= 15 is 0 Å². The van der Waals surface area contributed by atoms with E-state index in [1.807, 2.05) is 0 Å². The van der Waals surface area contributed by atoms with Crippen molar-refractivity contribution in [2.45, 2.75) is 23.5 Å². The first-order chi connectivity index (χ1) is 6.70. The summed E-state index contributed by atoms with van der Waals surface area (Å²) >= 11 is 0.990. The Hall–Kier alpha value is -0.0210. The average molecular weight is 332 g/mol. The molecule has 4 nitrogen and oxygen atoms in total. The molecule has 14 heavy (non-hydrogen) atoms. The molecule has 0 aliphatic heterocycles. The molecule has 0 aromatic carbocycles. The number of hydrogen-bond donors (Lipinski definition) is 0. The first-order valence-corrected chi connectivity index (χ1v) is 10.8. The summed E-state index contributed by atoms with van der Waals surface area (Å²) < 4.78 is 9.03. The Kier molecular flexibility index (Phi) is 9.52. The standard InChI is InChI=1S/C8H14O4Se2/c1-11-7(9)3-5-13-14-6-4-8(10)12-2/h3-6H2,1-2H3. The van der Waals surface area contributed by atoms with Gasteiger partial charge in [0, 0.05) is 0 Å². The van der Waals surface area contributed by atoms with Crippen LogP contribution >= 0.6 is 0 Å². The van der Waals surface area contributed by atoms with Crippen molar-refractivity contribution in [2.24, 2.45) is 0 Å². The summed E-state index contributed by atoms with van der Waals surface area (Å²) in [6.07, 6.45) is 1.02. The molecule has 0 N–H and O–H groups in total. The van der Waals surface area contributed by atoms with Gasteiger partial charge in [-0.15, -0.1) is 0 Å². The predicted molar refractivity (Wildman–Crippen MR) is 54.4 cm³/mol. The zero-order valence-corrected chi connectivity index (χ0v) is 11.7. The Bertz CT molecular complexity index is 164. The van der Waals surface area contributed by atoms with Gasteiger partial charge in [0.15, 0.2) is 0 Å². The Morgan fingerprint density at radius 3 is 1.57 bits per heavy atom. The van der Waals surface area contributed by atoms with E-state index < -0.39 is 0 Å². The van der Waals surface area contributed by atoms with Crippen LogP contribution in [-0.2, 0) is 19.1 Å². The Balaban J connectivity index is 3.14. The van der Waals surface area contributed by atoms with Crippen molar-refractivity contribution in [3.05, 3.63) is 0 Å². The van der Waals surface area contributed by atoms with Gasteiger partial charge in [-0.2, -0.15) is 0 Å². The van der Waals surface area contributed by atoms with Gasteiger partial charge < -0.3 is 0 Å². The molecule has 82 valence electrons. The first kappa shape index (κ1) is 14.0. The molecule has 6 heteroatoms. The van der Waals surface area contributed by atoms with E-state index in [0.29, 0.717) is 39.1 Å². The molecule has 0 radical (unpaired) electrons. The third-order valence-corrected chi connectivity index (χ3v) is 8.67. The molecule has 0 aliphatic rings. The van der Waals surface area contributed by atoms with Crippen LogP contribution in [0.2, 0.25) is 10.6 Å². The number of hydrogen-bond acceptors (Lipinski definition) is 4. The first-order valence-electron chi connectivity index (χ1n) is 4.08. The van der Waals surface area contributed by atoms with Crippen LogP contribution in [0, 0.1) is 0 Å². The van der Waals surface area contributed by atoms with Crippen LogP contribution in [0.3, 0.4) is 0 Å². The summed E-state index contributed by atoms with van der Waals surface area (Å²) in [4.78, 5) is 21.4. The quantitative estimate of drug-likeness (QED) is 0.382. The van der Waals surface area contributed by atoms with Gasteiger partial charge in [0.05, 0.1) is 0 Å². The molecule has 0 saturated heterocycles. The predicted octanol–water partition coefficient (Wildman–Crippen LogP) is 0.273. The minimum absolute atomic E-state index is 0.143. The van der Waals surface area contributed by atoms with Crippen molar-refractivity contribution in [1.82, 2.24) is 0 Å². The zero-order chi connectivity index (χ0) is 10.8. The molecule has 0 saturated carbocycles. The number of esters is 2. The second kappa shape index (κ2) is 9.53. The average Bonchev–Trinajstić information content (AvgIpc) is 2.22. The number of methoxy groups -OCH3 is 2. The Morgan fingerprint density at radius 1 is 0.929 bits per heavy atom. The normalized spacial score (nSPS) is 9.57. The summed E-state index contributed by atoms with van der Waals surface area (Å²) in [6.45, 7) is 0. The maximum absolute atomic E-state index is 10.7. The van der Waals surface area contributed by atoms with Gasteiger partial charge in [0.25, 0.3) is 0 Å². The summed E-state index contributed by atoms with van der Waals surface area (Å²) in [7, 11) is 2.80. The summed E-state index contributed by atoms with van der Waals surface area (Å²) in [5.41, 5.74) is 0. The van der Waals surface area contributed by atoms with Crippen molar-refractivity contribution in [2.75, 3.05) is 14.2 Å². The molecule has 0 amide bonds. The van der Waals surface area contributed by atoms with E-state index in [2.05, 4.69) is 9.47 Å². The molecule has 0 atom stereocenters. The van der Waals surface area contributed by atoms with Gasteiger partial charge in [-0.05, 0) is 0 Å². The monoisotopic (exact) mass is 334 g/mol. The van der Waals surface area contributed by atoms with Gasteiger partial charge in [-0.3, -0.25) is 0 Å². The summed E-state index contributed by atoms with van der Waals surface area (Å²) in [5, 5.41) is 1.84. The van der Waals surface area contributed by atoms with Crippen molar-refractivity contribution in [3.63, 3.8) is 0 Å². The number of carbonyl (C=O) groups is 2. The fraction of sp³-hybridized carbons (Fsp3) is 0.750. The molecule has 0 aromatic heterocycles. The SMILES string of the molecule is COC(=O)CC[Se][Se]CCC(=O)OC. The van der Waals surface area contributed by atoms with E-state index in [-0.39, 0.29) is 11.9 Å². The molecule has 0 heterocycles. The van der Waals surface area contributed by atoms with Gasteiger partial charge >= 0.3 is 95.0 Å². The molecule has 0 unspecified atom stereocenters. The molecule has 0 rings (SSSR count).